The second-order valence-electron chi connectivity index (χ2n) is 5.89. The molecule has 0 bridgehead atoms. The van der Waals surface area contributed by atoms with Crippen molar-refractivity contribution in [1.82, 2.24) is 4.90 Å². The van der Waals surface area contributed by atoms with Gasteiger partial charge in [0.1, 0.15) is 0 Å². The Labute approximate surface area is 124 Å². The first-order valence-corrected chi connectivity index (χ1v) is 7.49. The summed E-state index contributed by atoms with van der Waals surface area (Å²) >= 11 is 0. The lowest BCUT2D eigenvalue weighted by Crippen LogP contribution is -2.30. The maximum atomic E-state index is 12.4. The van der Waals surface area contributed by atoms with E-state index in [-0.39, 0.29) is 5.78 Å². The molecule has 1 aromatic rings. The number of nitrogens with zero attached hydrogens (tertiary/aromatic N) is 1. The van der Waals surface area contributed by atoms with Crippen LogP contribution in [0.4, 0.5) is 0 Å². The van der Waals surface area contributed by atoms with Gasteiger partial charge in [0.2, 0.25) is 5.91 Å². The van der Waals surface area contributed by atoms with E-state index in [1.54, 1.807) is 12.1 Å². The predicted octanol–water partition coefficient (Wildman–Crippen LogP) is 2.34. The summed E-state index contributed by atoms with van der Waals surface area (Å²) in [5, 5.41) is 0. The molecule has 1 aliphatic carbocycles. The average Bonchev–Trinajstić information content (AvgIpc) is 3.07. The number of primary amides is 1. The summed E-state index contributed by atoms with van der Waals surface area (Å²) in [7, 11) is 0. The fourth-order valence-electron chi connectivity index (χ4n) is 3.49. The molecule has 0 saturated heterocycles. The molecule has 0 radical (unpaired) electrons. The smallest absolute Gasteiger partial charge is 0.248 e. The average molecular weight is 284 g/mol. The Bertz CT molecular complexity index is 610. The molecule has 0 aromatic heterocycles. The molecular formula is C17H20N2O2. The number of ketones is 1. The van der Waals surface area contributed by atoms with Crippen LogP contribution in [-0.4, -0.2) is 29.2 Å². The highest BCUT2D eigenvalue weighted by molar-refractivity contribution is 6.24. The van der Waals surface area contributed by atoms with E-state index in [9.17, 15) is 9.59 Å². The number of amides is 1. The first-order chi connectivity index (χ1) is 10.1. The van der Waals surface area contributed by atoms with Crippen molar-refractivity contribution in [3.8, 4) is 0 Å². The molecule has 4 heteroatoms. The minimum absolute atomic E-state index is 0.172. The zero-order valence-electron chi connectivity index (χ0n) is 12.3. The van der Waals surface area contributed by atoms with Crippen molar-refractivity contribution in [1.29, 1.82) is 0 Å². The van der Waals surface area contributed by atoms with E-state index in [4.69, 9.17) is 5.73 Å². The van der Waals surface area contributed by atoms with Crippen molar-refractivity contribution in [2.75, 3.05) is 6.54 Å². The predicted molar refractivity (Wildman–Crippen MR) is 81.5 cm³/mol. The molecule has 2 N–H and O–H groups in total. The Morgan fingerprint density at radius 3 is 2.38 bits per heavy atom. The fraction of sp³-hybridized carbons (Fsp3) is 0.412. The molecule has 110 valence electrons. The monoisotopic (exact) mass is 284 g/mol. The topological polar surface area (TPSA) is 63.4 Å². The number of nitrogens with two attached hydrogens (primary N) is 1. The normalized spacial score (nSPS) is 19.7. The van der Waals surface area contributed by atoms with E-state index in [0.717, 1.165) is 16.8 Å². The van der Waals surface area contributed by atoms with E-state index < -0.39 is 5.91 Å². The van der Waals surface area contributed by atoms with Crippen molar-refractivity contribution < 1.29 is 9.59 Å². The molecule has 1 heterocycles. The summed E-state index contributed by atoms with van der Waals surface area (Å²) in [6.45, 7) is 2.52. The summed E-state index contributed by atoms with van der Waals surface area (Å²) in [5.74, 6) is -0.274. The van der Waals surface area contributed by atoms with Crippen molar-refractivity contribution in [3.05, 3.63) is 41.1 Å². The highest BCUT2D eigenvalue weighted by Gasteiger charge is 2.33. The van der Waals surface area contributed by atoms with Crippen LogP contribution in [0, 0.1) is 0 Å². The molecule has 1 amide bonds. The van der Waals surface area contributed by atoms with Crippen molar-refractivity contribution in [3.63, 3.8) is 0 Å². The number of carbonyl (C=O) groups excluding carboxylic acids is 2. The van der Waals surface area contributed by atoms with Gasteiger partial charge >= 0.3 is 0 Å². The third-order valence-electron chi connectivity index (χ3n) is 4.61. The van der Waals surface area contributed by atoms with Gasteiger partial charge in [0, 0.05) is 22.9 Å². The zero-order chi connectivity index (χ0) is 15.0. The summed E-state index contributed by atoms with van der Waals surface area (Å²) in [4.78, 5) is 25.8. The highest BCUT2D eigenvalue weighted by atomic mass is 16.1. The number of hydrogen-bond donors (Lipinski definition) is 1. The van der Waals surface area contributed by atoms with E-state index >= 15 is 0 Å². The first-order valence-electron chi connectivity index (χ1n) is 7.49. The fourth-order valence-corrected chi connectivity index (χ4v) is 3.49. The van der Waals surface area contributed by atoms with Crippen LogP contribution in [0.1, 0.15) is 48.5 Å². The van der Waals surface area contributed by atoms with Crippen molar-refractivity contribution in [2.45, 2.75) is 38.6 Å². The number of Topliss-reactive ketones (excluding diaryl/α,β-unsaturated/α-hetero) is 1. The third-order valence-corrected chi connectivity index (χ3v) is 4.61. The lowest BCUT2D eigenvalue weighted by Gasteiger charge is -2.26. The van der Waals surface area contributed by atoms with Crippen LogP contribution >= 0.6 is 0 Å². The molecule has 1 aromatic carbocycles. The number of benzene rings is 1. The Kier molecular flexibility index (Phi) is 3.53. The number of carbonyl (C=O) groups is 2. The molecular weight excluding hydrogens is 264 g/mol. The molecule has 4 nitrogen and oxygen atoms in total. The molecule has 0 spiro atoms. The van der Waals surface area contributed by atoms with Gasteiger partial charge in [-0.1, -0.05) is 25.0 Å². The van der Waals surface area contributed by atoms with Crippen LogP contribution in [0.2, 0.25) is 0 Å². The minimum Gasteiger partial charge on any atom is -0.366 e. The number of hydrogen-bond acceptors (Lipinski definition) is 3. The maximum absolute atomic E-state index is 12.4. The summed E-state index contributed by atoms with van der Waals surface area (Å²) < 4.78 is 0. The zero-order valence-corrected chi connectivity index (χ0v) is 12.3. The van der Waals surface area contributed by atoms with Crippen LogP contribution in [0.25, 0.3) is 5.57 Å². The molecule has 2 aliphatic rings. The minimum atomic E-state index is -0.447. The van der Waals surface area contributed by atoms with E-state index in [0.29, 0.717) is 18.2 Å². The molecule has 0 atom stereocenters. The molecule has 21 heavy (non-hydrogen) atoms. The molecule has 0 unspecified atom stereocenters. The second kappa shape index (κ2) is 5.35. The Morgan fingerprint density at radius 2 is 1.81 bits per heavy atom. The van der Waals surface area contributed by atoms with Crippen LogP contribution < -0.4 is 5.73 Å². The lowest BCUT2D eigenvalue weighted by atomic mass is 10.0. The second-order valence-corrected chi connectivity index (χ2v) is 5.89. The van der Waals surface area contributed by atoms with Crippen molar-refractivity contribution in [2.24, 2.45) is 5.73 Å². The van der Waals surface area contributed by atoms with E-state index in [1.165, 1.54) is 25.7 Å². The molecule has 1 fully saturated rings. The molecule has 1 saturated carbocycles. The SMILES string of the molecule is CC1=C(c2ccc(C(N)=O)cc2)C(=O)CN1C1CCCC1. The Morgan fingerprint density at radius 1 is 1.19 bits per heavy atom. The van der Waals surface area contributed by atoms with Crippen molar-refractivity contribution >= 4 is 17.3 Å². The van der Waals surface area contributed by atoms with Gasteiger partial charge in [-0.2, -0.15) is 0 Å². The van der Waals surface area contributed by atoms with Gasteiger partial charge in [-0.15, -0.1) is 0 Å². The maximum Gasteiger partial charge on any atom is 0.248 e. The highest BCUT2D eigenvalue weighted by Crippen LogP contribution is 2.34. The van der Waals surface area contributed by atoms with Crippen LogP contribution in [-0.2, 0) is 4.79 Å². The van der Waals surface area contributed by atoms with Crippen LogP contribution in [0.3, 0.4) is 0 Å². The van der Waals surface area contributed by atoms with Gasteiger partial charge in [-0.25, -0.2) is 0 Å². The van der Waals surface area contributed by atoms with Crippen LogP contribution in [0.15, 0.2) is 30.0 Å². The Hall–Kier alpha value is -2.10. The van der Waals surface area contributed by atoms with Gasteiger partial charge in [0.15, 0.2) is 5.78 Å². The van der Waals surface area contributed by atoms with Gasteiger partial charge in [0.25, 0.3) is 0 Å². The van der Waals surface area contributed by atoms with Gasteiger partial charge in [-0.3, -0.25) is 9.59 Å². The van der Waals surface area contributed by atoms with Crippen LogP contribution in [0.5, 0.6) is 0 Å². The molecule has 3 rings (SSSR count). The summed E-state index contributed by atoms with van der Waals surface area (Å²) in [5.41, 5.74) is 8.45. The van der Waals surface area contributed by atoms with Gasteiger partial charge in [-0.05, 0) is 37.5 Å². The Balaban J connectivity index is 1.91. The van der Waals surface area contributed by atoms with E-state index in [2.05, 4.69) is 4.90 Å². The first kappa shape index (κ1) is 13.9. The molecule has 1 aliphatic heterocycles. The third kappa shape index (κ3) is 2.46. The summed E-state index contributed by atoms with van der Waals surface area (Å²) in [6.07, 6.45) is 4.87. The largest absolute Gasteiger partial charge is 0.366 e. The van der Waals surface area contributed by atoms with Gasteiger partial charge < -0.3 is 10.6 Å². The van der Waals surface area contributed by atoms with Gasteiger partial charge in [0.05, 0.1) is 6.54 Å². The quantitative estimate of drug-likeness (QED) is 0.926. The number of allylic oxidation sites excluding steroid dienone is 1. The van der Waals surface area contributed by atoms with E-state index in [1.807, 2.05) is 19.1 Å². The number of rotatable bonds is 3. The summed E-state index contributed by atoms with van der Waals surface area (Å²) in [6, 6.07) is 7.51. The standard InChI is InChI=1S/C17H20N2O2/c1-11-16(12-6-8-13(9-7-12)17(18)21)15(20)10-19(11)14-4-2-3-5-14/h6-9,14H,2-5,10H2,1H3,(H2,18,21). The lowest BCUT2D eigenvalue weighted by molar-refractivity contribution is -0.113.